The maximum atomic E-state index is 13.1. The van der Waals surface area contributed by atoms with Crippen LogP contribution in [0.5, 0.6) is 0 Å². The van der Waals surface area contributed by atoms with Gasteiger partial charge in [0.2, 0.25) is 0 Å². The first-order valence-corrected chi connectivity index (χ1v) is 7.20. The smallest absolute Gasteiger partial charge is 0.129 e. The van der Waals surface area contributed by atoms with Gasteiger partial charge in [-0.1, -0.05) is 28.1 Å². The number of aryl methyl sites for hydroxylation is 1. The molecule has 0 saturated carbocycles. The standard InChI is InChI=1S/C16H13BrFN3/c1-21-16(19)14(10-2-6-12(17)7-3-10)15(20-21)11-4-8-13(18)9-5-11/h2-9H,19H2,1H3. The minimum Gasteiger partial charge on any atom is -0.383 e. The lowest BCUT2D eigenvalue weighted by atomic mass is 10.0. The number of nitrogens with zero attached hydrogens (tertiary/aromatic N) is 2. The zero-order chi connectivity index (χ0) is 15.0. The van der Waals surface area contributed by atoms with Gasteiger partial charge in [-0.15, -0.1) is 0 Å². The van der Waals surface area contributed by atoms with Crippen molar-refractivity contribution in [2.75, 3.05) is 5.73 Å². The molecule has 0 bridgehead atoms. The third kappa shape index (κ3) is 2.56. The highest BCUT2D eigenvalue weighted by molar-refractivity contribution is 9.10. The zero-order valence-corrected chi connectivity index (χ0v) is 12.9. The molecule has 0 fully saturated rings. The summed E-state index contributed by atoms with van der Waals surface area (Å²) in [7, 11) is 1.80. The van der Waals surface area contributed by atoms with Crippen molar-refractivity contribution in [1.82, 2.24) is 9.78 Å². The van der Waals surface area contributed by atoms with Crippen molar-refractivity contribution in [3.63, 3.8) is 0 Å². The van der Waals surface area contributed by atoms with Crippen molar-refractivity contribution in [3.8, 4) is 22.4 Å². The molecule has 3 nitrogen and oxygen atoms in total. The van der Waals surface area contributed by atoms with Crippen LogP contribution in [0.15, 0.2) is 53.0 Å². The molecule has 0 atom stereocenters. The Labute approximate surface area is 130 Å². The fourth-order valence-electron chi connectivity index (χ4n) is 2.25. The maximum Gasteiger partial charge on any atom is 0.129 e. The molecule has 0 aliphatic heterocycles. The summed E-state index contributed by atoms with van der Waals surface area (Å²) in [6.45, 7) is 0. The fraction of sp³-hybridized carbons (Fsp3) is 0.0625. The first-order chi connectivity index (χ1) is 10.1. The van der Waals surface area contributed by atoms with E-state index in [1.54, 1.807) is 23.9 Å². The Kier molecular flexibility index (Phi) is 3.51. The number of benzene rings is 2. The Bertz CT molecular complexity index is 777. The first-order valence-electron chi connectivity index (χ1n) is 6.40. The number of nitrogens with two attached hydrogens (primary N) is 1. The fourth-order valence-corrected chi connectivity index (χ4v) is 2.51. The summed E-state index contributed by atoms with van der Waals surface area (Å²) in [4.78, 5) is 0. The number of aromatic nitrogens is 2. The van der Waals surface area contributed by atoms with Gasteiger partial charge in [0.25, 0.3) is 0 Å². The Morgan fingerprint density at radius 2 is 1.57 bits per heavy atom. The summed E-state index contributed by atoms with van der Waals surface area (Å²) in [5, 5.41) is 4.47. The van der Waals surface area contributed by atoms with Gasteiger partial charge in [-0.2, -0.15) is 5.10 Å². The van der Waals surface area contributed by atoms with Gasteiger partial charge in [0.15, 0.2) is 0 Å². The van der Waals surface area contributed by atoms with E-state index in [0.29, 0.717) is 5.82 Å². The highest BCUT2D eigenvalue weighted by Crippen LogP contribution is 2.36. The largest absolute Gasteiger partial charge is 0.383 e. The van der Waals surface area contributed by atoms with Crippen molar-refractivity contribution in [3.05, 3.63) is 58.8 Å². The molecule has 2 aromatic carbocycles. The summed E-state index contributed by atoms with van der Waals surface area (Å²) in [5.41, 5.74) is 9.57. The minimum atomic E-state index is -0.271. The van der Waals surface area contributed by atoms with Gasteiger partial charge in [-0.05, 0) is 42.0 Å². The number of halogens is 2. The molecule has 0 saturated heterocycles. The molecule has 106 valence electrons. The first kappa shape index (κ1) is 13.8. The molecule has 5 heteroatoms. The molecule has 1 heterocycles. The molecule has 0 aliphatic carbocycles. The minimum absolute atomic E-state index is 0.271. The summed E-state index contributed by atoms with van der Waals surface area (Å²) in [6, 6.07) is 14.1. The van der Waals surface area contributed by atoms with E-state index in [2.05, 4.69) is 21.0 Å². The van der Waals surface area contributed by atoms with Crippen LogP contribution in [0.3, 0.4) is 0 Å². The van der Waals surface area contributed by atoms with Gasteiger partial charge in [-0.3, -0.25) is 4.68 Å². The molecular formula is C16H13BrFN3. The van der Waals surface area contributed by atoms with Gasteiger partial charge in [-0.25, -0.2) is 4.39 Å². The molecule has 3 aromatic rings. The van der Waals surface area contributed by atoms with Crippen LogP contribution in [0.25, 0.3) is 22.4 Å². The molecule has 0 spiro atoms. The van der Waals surface area contributed by atoms with Crippen molar-refractivity contribution < 1.29 is 4.39 Å². The van der Waals surface area contributed by atoms with Gasteiger partial charge < -0.3 is 5.73 Å². The van der Waals surface area contributed by atoms with E-state index in [1.165, 1.54) is 12.1 Å². The van der Waals surface area contributed by atoms with E-state index in [0.717, 1.165) is 26.9 Å². The van der Waals surface area contributed by atoms with Gasteiger partial charge >= 0.3 is 0 Å². The Morgan fingerprint density at radius 1 is 1.00 bits per heavy atom. The Balaban J connectivity index is 2.20. The van der Waals surface area contributed by atoms with Crippen LogP contribution in [0.2, 0.25) is 0 Å². The quantitative estimate of drug-likeness (QED) is 0.754. The highest BCUT2D eigenvalue weighted by atomic mass is 79.9. The summed E-state index contributed by atoms with van der Waals surface area (Å²) < 4.78 is 15.7. The zero-order valence-electron chi connectivity index (χ0n) is 11.3. The number of anilines is 1. The number of rotatable bonds is 2. The van der Waals surface area contributed by atoms with Crippen molar-refractivity contribution in [2.24, 2.45) is 7.05 Å². The van der Waals surface area contributed by atoms with Crippen molar-refractivity contribution in [2.45, 2.75) is 0 Å². The van der Waals surface area contributed by atoms with E-state index in [-0.39, 0.29) is 5.82 Å². The van der Waals surface area contributed by atoms with Crippen LogP contribution in [-0.4, -0.2) is 9.78 Å². The molecular weight excluding hydrogens is 333 g/mol. The summed E-state index contributed by atoms with van der Waals surface area (Å²) >= 11 is 3.42. The van der Waals surface area contributed by atoms with E-state index < -0.39 is 0 Å². The van der Waals surface area contributed by atoms with Crippen LogP contribution in [0.1, 0.15) is 0 Å². The third-order valence-electron chi connectivity index (χ3n) is 3.34. The molecule has 21 heavy (non-hydrogen) atoms. The average molecular weight is 346 g/mol. The van der Waals surface area contributed by atoms with Gasteiger partial charge in [0, 0.05) is 17.1 Å². The number of hydrogen-bond donors (Lipinski definition) is 1. The van der Waals surface area contributed by atoms with E-state index >= 15 is 0 Å². The monoisotopic (exact) mass is 345 g/mol. The number of nitrogen functional groups attached to an aromatic ring is 1. The van der Waals surface area contributed by atoms with Crippen LogP contribution >= 0.6 is 15.9 Å². The third-order valence-corrected chi connectivity index (χ3v) is 3.87. The van der Waals surface area contributed by atoms with E-state index in [1.807, 2.05) is 24.3 Å². The summed E-state index contributed by atoms with van der Waals surface area (Å²) in [5.74, 6) is 0.310. The lowest BCUT2D eigenvalue weighted by Gasteiger charge is -2.05. The Hall–Kier alpha value is -2.14. The second-order valence-corrected chi connectivity index (χ2v) is 5.66. The van der Waals surface area contributed by atoms with E-state index in [4.69, 9.17) is 5.73 Å². The van der Waals surface area contributed by atoms with E-state index in [9.17, 15) is 4.39 Å². The predicted molar refractivity (Wildman–Crippen MR) is 86.2 cm³/mol. The normalized spacial score (nSPS) is 10.8. The van der Waals surface area contributed by atoms with Crippen LogP contribution < -0.4 is 5.73 Å². The van der Waals surface area contributed by atoms with Crippen molar-refractivity contribution in [1.29, 1.82) is 0 Å². The lowest BCUT2D eigenvalue weighted by Crippen LogP contribution is -1.97. The molecule has 0 amide bonds. The van der Waals surface area contributed by atoms with Crippen LogP contribution in [0.4, 0.5) is 10.2 Å². The molecule has 2 N–H and O–H groups in total. The second-order valence-electron chi connectivity index (χ2n) is 4.75. The molecule has 0 radical (unpaired) electrons. The topological polar surface area (TPSA) is 43.8 Å². The van der Waals surface area contributed by atoms with Crippen LogP contribution in [0, 0.1) is 5.82 Å². The predicted octanol–water partition coefficient (Wildman–Crippen LogP) is 4.24. The maximum absolute atomic E-state index is 13.1. The van der Waals surface area contributed by atoms with Crippen LogP contribution in [-0.2, 0) is 7.05 Å². The molecule has 3 rings (SSSR count). The molecule has 0 unspecified atom stereocenters. The summed E-state index contributed by atoms with van der Waals surface area (Å²) in [6.07, 6.45) is 0. The average Bonchev–Trinajstić information content (AvgIpc) is 2.77. The SMILES string of the molecule is Cn1nc(-c2ccc(F)cc2)c(-c2ccc(Br)cc2)c1N. The molecule has 0 aliphatic rings. The molecule has 1 aromatic heterocycles. The van der Waals surface area contributed by atoms with Crippen molar-refractivity contribution >= 4 is 21.7 Å². The van der Waals surface area contributed by atoms with Gasteiger partial charge in [0.05, 0.1) is 5.56 Å². The van der Waals surface area contributed by atoms with Gasteiger partial charge in [0.1, 0.15) is 17.3 Å². The second kappa shape index (κ2) is 5.33. The Morgan fingerprint density at radius 3 is 2.19 bits per heavy atom. The lowest BCUT2D eigenvalue weighted by molar-refractivity contribution is 0.628. The number of hydrogen-bond acceptors (Lipinski definition) is 2. The highest BCUT2D eigenvalue weighted by Gasteiger charge is 2.17.